The smallest absolute Gasteiger partial charge is 0.399 e. The first-order valence-electron chi connectivity index (χ1n) is 10.7. The van der Waals surface area contributed by atoms with Crippen molar-refractivity contribution >= 4 is 41.4 Å². The molecular formula is C20H24F8O6S2. The van der Waals surface area contributed by atoms with E-state index in [0.717, 1.165) is 23.5 Å². The van der Waals surface area contributed by atoms with E-state index < -0.39 is 77.8 Å². The van der Waals surface area contributed by atoms with Gasteiger partial charge in [-0.2, -0.15) is 35.1 Å². The van der Waals surface area contributed by atoms with Crippen molar-refractivity contribution in [3.05, 3.63) is 0 Å². The molecule has 1 spiro atoms. The van der Waals surface area contributed by atoms with Crippen molar-refractivity contribution in [2.75, 3.05) is 24.7 Å². The van der Waals surface area contributed by atoms with E-state index in [1.54, 1.807) is 0 Å². The Morgan fingerprint density at radius 1 is 0.833 bits per heavy atom. The molecule has 0 N–H and O–H groups in total. The minimum atomic E-state index is -4.84. The van der Waals surface area contributed by atoms with E-state index in [-0.39, 0.29) is 17.9 Å². The minimum absolute atomic E-state index is 0.0742. The monoisotopic (exact) mass is 576 g/mol. The van der Waals surface area contributed by atoms with E-state index in [4.69, 9.17) is 14.2 Å². The summed E-state index contributed by atoms with van der Waals surface area (Å²) in [6.45, 7) is -0.981. The van der Waals surface area contributed by atoms with Crippen LogP contribution in [0.5, 0.6) is 0 Å². The van der Waals surface area contributed by atoms with E-state index in [1.165, 1.54) is 0 Å². The first-order valence-corrected chi connectivity index (χ1v) is 12.6. The van der Waals surface area contributed by atoms with E-state index >= 15 is 0 Å². The average molecular weight is 577 g/mol. The highest BCUT2D eigenvalue weighted by Gasteiger charge is 2.53. The van der Waals surface area contributed by atoms with Gasteiger partial charge in [0.1, 0.15) is 32.2 Å². The number of ether oxygens (including phenoxy) is 3. The summed E-state index contributed by atoms with van der Waals surface area (Å²) in [4.78, 5) is 35.0. The second-order valence-corrected chi connectivity index (χ2v) is 11.7. The Morgan fingerprint density at radius 2 is 1.31 bits per heavy atom. The molecule has 1 unspecified atom stereocenters. The maximum absolute atomic E-state index is 13.4. The number of carbonyl (C=O) groups is 3. The number of alkyl halides is 8. The van der Waals surface area contributed by atoms with Crippen LogP contribution in [0, 0.1) is 5.41 Å². The second-order valence-electron chi connectivity index (χ2n) is 8.82. The van der Waals surface area contributed by atoms with E-state index in [2.05, 4.69) is 0 Å². The summed E-state index contributed by atoms with van der Waals surface area (Å²) in [7, 11) is 0. The third-order valence-corrected chi connectivity index (χ3v) is 9.49. The number of thioether (sulfide) groups is 2. The van der Waals surface area contributed by atoms with Crippen LogP contribution in [0.25, 0.3) is 0 Å². The number of hydrogen-bond acceptors (Lipinski definition) is 8. The van der Waals surface area contributed by atoms with Crippen molar-refractivity contribution in [3.8, 4) is 0 Å². The first kappa shape index (κ1) is 30.8. The number of rotatable bonds is 8. The number of carbonyl (C=O) groups excluding carboxylic acids is 3. The molecule has 0 bridgehead atoms. The molecule has 36 heavy (non-hydrogen) atoms. The normalized spacial score (nSPS) is 22.1. The fourth-order valence-electron chi connectivity index (χ4n) is 3.53. The van der Waals surface area contributed by atoms with Crippen LogP contribution in [-0.4, -0.2) is 71.1 Å². The van der Waals surface area contributed by atoms with E-state index in [1.807, 2.05) is 0 Å². The van der Waals surface area contributed by atoms with Crippen LogP contribution in [0.2, 0.25) is 0 Å². The molecule has 2 rings (SSSR count). The molecule has 2 fully saturated rings. The summed E-state index contributed by atoms with van der Waals surface area (Å²) in [6.07, 6.45) is -12.4. The Kier molecular flexibility index (Phi) is 9.85. The quantitative estimate of drug-likeness (QED) is 0.220. The van der Waals surface area contributed by atoms with Gasteiger partial charge in [-0.15, -0.1) is 23.5 Å². The number of esters is 3. The molecule has 0 radical (unpaired) electrons. The van der Waals surface area contributed by atoms with E-state index in [0.29, 0.717) is 26.2 Å². The van der Waals surface area contributed by atoms with Crippen molar-refractivity contribution in [2.45, 2.75) is 73.9 Å². The van der Waals surface area contributed by atoms with Gasteiger partial charge in [-0.25, -0.2) is 4.79 Å². The molecule has 2 aliphatic rings. The van der Waals surface area contributed by atoms with Crippen LogP contribution >= 0.6 is 23.5 Å². The summed E-state index contributed by atoms with van der Waals surface area (Å²) < 4.78 is 115. The van der Waals surface area contributed by atoms with Crippen LogP contribution in [-0.2, 0) is 28.6 Å². The lowest BCUT2D eigenvalue weighted by Crippen LogP contribution is -2.51. The zero-order valence-corrected chi connectivity index (χ0v) is 20.6. The van der Waals surface area contributed by atoms with Crippen LogP contribution in [0.4, 0.5) is 35.1 Å². The topological polar surface area (TPSA) is 78.9 Å². The fourth-order valence-corrected chi connectivity index (χ4v) is 7.27. The molecule has 1 aliphatic heterocycles. The van der Waals surface area contributed by atoms with E-state index in [9.17, 15) is 49.5 Å². The summed E-state index contributed by atoms with van der Waals surface area (Å²) in [5.41, 5.74) is -1.36. The van der Waals surface area contributed by atoms with Gasteiger partial charge in [0.05, 0.1) is 9.49 Å². The van der Waals surface area contributed by atoms with Gasteiger partial charge in [-0.1, -0.05) is 6.42 Å². The molecule has 1 heterocycles. The average Bonchev–Trinajstić information content (AvgIpc) is 2.71. The van der Waals surface area contributed by atoms with Gasteiger partial charge in [-0.05, 0) is 19.3 Å². The van der Waals surface area contributed by atoms with Crippen molar-refractivity contribution in [3.63, 3.8) is 0 Å². The Bertz CT molecular complexity index is 769. The first-order chi connectivity index (χ1) is 16.3. The molecule has 1 aliphatic carbocycles. The fraction of sp³-hybridized carbons (Fsp3) is 0.850. The summed E-state index contributed by atoms with van der Waals surface area (Å²) in [5, 5.41) is 0. The second kappa shape index (κ2) is 11.5. The lowest BCUT2D eigenvalue weighted by Gasteiger charge is -2.49. The van der Waals surface area contributed by atoms with Gasteiger partial charge in [-0.3, -0.25) is 9.59 Å². The third kappa shape index (κ3) is 9.45. The SMILES string of the molecule is CC(F)(F)C(=O)OC1CCCCC12SCC(COC(=O)CC(F)(F)F)(COC(=O)CC(F)(F)F)CS2. The highest BCUT2D eigenvalue weighted by molar-refractivity contribution is 8.19. The third-order valence-electron chi connectivity index (χ3n) is 5.35. The van der Waals surface area contributed by atoms with Crippen LogP contribution in [0.1, 0.15) is 45.4 Å². The Morgan fingerprint density at radius 3 is 1.72 bits per heavy atom. The summed E-state index contributed by atoms with van der Waals surface area (Å²) in [6, 6.07) is 0. The van der Waals surface area contributed by atoms with Crippen LogP contribution in [0.3, 0.4) is 0 Å². The Hall–Kier alpha value is -1.45. The van der Waals surface area contributed by atoms with Crippen molar-refractivity contribution in [1.82, 2.24) is 0 Å². The molecule has 0 aromatic heterocycles. The molecule has 1 saturated heterocycles. The van der Waals surface area contributed by atoms with Crippen molar-refractivity contribution in [1.29, 1.82) is 0 Å². The van der Waals surface area contributed by atoms with Crippen LogP contribution < -0.4 is 0 Å². The van der Waals surface area contributed by atoms with Gasteiger partial charge >= 0.3 is 36.2 Å². The highest BCUT2D eigenvalue weighted by atomic mass is 32.2. The number of halogens is 8. The molecule has 1 atom stereocenters. The van der Waals surface area contributed by atoms with Crippen molar-refractivity contribution < 1.29 is 63.7 Å². The molecule has 1 saturated carbocycles. The summed E-state index contributed by atoms with van der Waals surface area (Å²) >= 11 is 2.20. The largest absolute Gasteiger partial charge is 0.465 e. The molecular weight excluding hydrogens is 552 g/mol. The molecule has 0 aromatic carbocycles. The van der Waals surface area contributed by atoms with Crippen molar-refractivity contribution in [2.24, 2.45) is 5.41 Å². The lowest BCUT2D eigenvalue weighted by molar-refractivity contribution is -0.178. The van der Waals surface area contributed by atoms with Gasteiger partial charge < -0.3 is 14.2 Å². The summed E-state index contributed by atoms with van der Waals surface area (Å²) in [5.74, 6) is -8.83. The Labute approximate surface area is 209 Å². The maximum Gasteiger partial charge on any atom is 0.399 e. The zero-order chi connectivity index (χ0) is 27.4. The van der Waals surface area contributed by atoms with Gasteiger partial charge in [0.15, 0.2) is 0 Å². The zero-order valence-electron chi connectivity index (χ0n) is 18.9. The van der Waals surface area contributed by atoms with Gasteiger partial charge in [0.2, 0.25) is 0 Å². The maximum atomic E-state index is 13.4. The molecule has 0 amide bonds. The standard InChI is InChI=1S/C20H24F8O6S2/c1-16(21,22)15(31)34-12-4-2-3-5-18(12)35-10-17(11-36-18,8-32-13(29)6-19(23,24)25)9-33-14(30)7-20(26,27)28/h12H,2-11H2,1H3. The van der Waals surface area contributed by atoms with Crippen LogP contribution in [0.15, 0.2) is 0 Å². The minimum Gasteiger partial charge on any atom is -0.465 e. The predicted molar refractivity (Wildman–Crippen MR) is 112 cm³/mol. The highest BCUT2D eigenvalue weighted by Crippen LogP contribution is 2.56. The van der Waals surface area contributed by atoms with Gasteiger partial charge in [0.25, 0.3) is 0 Å². The molecule has 6 nitrogen and oxygen atoms in total. The molecule has 16 heteroatoms. The predicted octanol–water partition coefficient (Wildman–Crippen LogP) is 5.28. The molecule has 0 aromatic rings. The molecule has 208 valence electrons. The lowest BCUT2D eigenvalue weighted by atomic mass is 9.94. The Balaban J connectivity index is 2.14. The number of hydrogen-bond donors (Lipinski definition) is 0. The van der Waals surface area contributed by atoms with Gasteiger partial charge in [0, 0.05) is 18.4 Å².